The summed E-state index contributed by atoms with van der Waals surface area (Å²) >= 11 is 0. The van der Waals surface area contributed by atoms with Crippen LogP contribution in [0.15, 0.2) is 30.3 Å². The van der Waals surface area contributed by atoms with Gasteiger partial charge in [-0.15, -0.1) is 0 Å². The number of hydrogen-bond donors (Lipinski definition) is 1. The third kappa shape index (κ3) is 5.07. The van der Waals surface area contributed by atoms with Crippen molar-refractivity contribution in [1.82, 2.24) is 0 Å². The van der Waals surface area contributed by atoms with Gasteiger partial charge in [0.05, 0.1) is 32.6 Å². The first-order valence-electron chi connectivity index (χ1n) is 10.9. The Morgan fingerprint density at radius 3 is 2.16 bits per heavy atom. The molecule has 0 saturated carbocycles. The molecule has 1 heterocycles. The fourth-order valence-electron chi connectivity index (χ4n) is 3.60. The Labute approximate surface area is 188 Å². The molecule has 0 spiro atoms. The summed E-state index contributed by atoms with van der Waals surface area (Å²) in [4.78, 5) is 27.0. The molecule has 2 aromatic carbocycles. The van der Waals surface area contributed by atoms with Crippen LogP contribution in [-0.4, -0.2) is 45.3 Å². The zero-order chi connectivity index (χ0) is 23.1. The molecule has 2 aromatic rings. The summed E-state index contributed by atoms with van der Waals surface area (Å²) in [5.41, 5.74) is 1.56. The molecule has 8 heteroatoms. The molecule has 1 N–H and O–H groups in total. The van der Waals surface area contributed by atoms with E-state index in [0.29, 0.717) is 72.7 Å². The van der Waals surface area contributed by atoms with Gasteiger partial charge >= 0.3 is 0 Å². The average Bonchev–Trinajstić information content (AvgIpc) is 3.21. The normalized spacial score (nSPS) is 13.1. The number of anilines is 2. The Morgan fingerprint density at radius 2 is 1.62 bits per heavy atom. The minimum Gasteiger partial charge on any atom is -0.495 e. The van der Waals surface area contributed by atoms with Crippen LogP contribution < -0.4 is 29.2 Å². The van der Waals surface area contributed by atoms with E-state index in [0.717, 1.165) is 6.42 Å². The second-order valence-corrected chi connectivity index (χ2v) is 7.09. The quantitative estimate of drug-likeness (QED) is 0.591. The molecular formula is C24H30N2O6. The zero-order valence-corrected chi connectivity index (χ0v) is 19.0. The van der Waals surface area contributed by atoms with E-state index in [4.69, 9.17) is 18.9 Å². The first-order chi connectivity index (χ1) is 15.5. The van der Waals surface area contributed by atoms with Crippen molar-refractivity contribution in [2.24, 2.45) is 0 Å². The summed E-state index contributed by atoms with van der Waals surface area (Å²) in [6.45, 7) is 7.50. The van der Waals surface area contributed by atoms with Crippen molar-refractivity contribution in [3.05, 3.63) is 35.9 Å². The molecule has 0 unspecified atom stereocenters. The molecule has 0 bridgehead atoms. The largest absolute Gasteiger partial charge is 0.495 e. The molecule has 172 valence electrons. The Balaban J connectivity index is 1.91. The Morgan fingerprint density at radius 1 is 0.969 bits per heavy atom. The summed E-state index contributed by atoms with van der Waals surface area (Å²) in [7, 11) is 1.56. The Kier molecular flexibility index (Phi) is 7.81. The van der Waals surface area contributed by atoms with E-state index in [1.807, 2.05) is 20.8 Å². The number of nitrogens with one attached hydrogen (secondary N) is 1. The van der Waals surface area contributed by atoms with Gasteiger partial charge in [-0.05, 0) is 57.5 Å². The highest BCUT2D eigenvalue weighted by Gasteiger charge is 2.25. The predicted molar refractivity (Wildman–Crippen MR) is 122 cm³/mol. The summed E-state index contributed by atoms with van der Waals surface area (Å²) in [6.07, 6.45) is 1.30. The van der Waals surface area contributed by atoms with E-state index >= 15 is 0 Å². The molecule has 0 aromatic heterocycles. The number of methoxy groups -OCH3 is 1. The number of nitrogens with zero attached hydrogens (tertiary/aromatic N) is 1. The lowest BCUT2D eigenvalue weighted by molar-refractivity contribution is -0.117. The van der Waals surface area contributed by atoms with Crippen LogP contribution in [0.3, 0.4) is 0 Å². The molecule has 2 amide bonds. The van der Waals surface area contributed by atoms with Crippen LogP contribution >= 0.6 is 0 Å². The maximum Gasteiger partial charge on any atom is 0.255 e. The lowest BCUT2D eigenvalue weighted by Gasteiger charge is -2.20. The summed E-state index contributed by atoms with van der Waals surface area (Å²) in [5.74, 6) is 1.66. The van der Waals surface area contributed by atoms with Gasteiger partial charge in [0.15, 0.2) is 11.5 Å². The zero-order valence-electron chi connectivity index (χ0n) is 19.0. The monoisotopic (exact) mass is 442 g/mol. The lowest BCUT2D eigenvalue weighted by atomic mass is 10.1. The van der Waals surface area contributed by atoms with Gasteiger partial charge in [-0.2, -0.15) is 0 Å². The predicted octanol–water partition coefficient (Wildman–Crippen LogP) is 4.27. The molecular weight excluding hydrogens is 412 g/mol. The lowest BCUT2D eigenvalue weighted by Crippen LogP contribution is -2.24. The van der Waals surface area contributed by atoms with Gasteiger partial charge < -0.3 is 29.2 Å². The fraction of sp³-hybridized carbons (Fsp3) is 0.417. The fourth-order valence-corrected chi connectivity index (χ4v) is 3.60. The highest BCUT2D eigenvalue weighted by Crippen LogP contribution is 2.39. The molecule has 0 atom stereocenters. The van der Waals surface area contributed by atoms with Crippen molar-refractivity contribution in [2.75, 3.05) is 43.7 Å². The second-order valence-electron chi connectivity index (χ2n) is 7.09. The molecule has 3 rings (SSSR count). The minimum atomic E-state index is -0.334. The molecule has 1 fully saturated rings. The number of hydrogen-bond acceptors (Lipinski definition) is 6. The van der Waals surface area contributed by atoms with Crippen molar-refractivity contribution in [2.45, 2.75) is 33.6 Å². The van der Waals surface area contributed by atoms with E-state index in [9.17, 15) is 9.59 Å². The van der Waals surface area contributed by atoms with Crippen LogP contribution in [0.5, 0.6) is 23.0 Å². The van der Waals surface area contributed by atoms with Gasteiger partial charge in [0.2, 0.25) is 11.7 Å². The van der Waals surface area contributed by atoms with Crippen LogP contribution in [0.4, 0.5) is 11.4 Å². The van der Waals surface area contributed by atoms with Crippen LogP contribution in [0.1, 0.15) is 44.0 Å². The topological polar surface area (TPSA) is 86.3 Å². The Hall–Kier alpha value is -3.42. The second kappa shape index (κ2) is 10.7. The van der Waals surface area contributed by atoms with Crippen molar-refractivity contribution in [3.8, 4) is 23.0 Å². The molecule has 0 radical (unpaired) electrons. The standard InChI is InChI=1S/C24H30N2O6/c1-5-30-20-13-16(14-21(31-6-2)23(20)32-7-3)24(28)25-17-10-11-19(29-4)18(15-17)26-12-8-9-22(26)27/h10-11,13-15H,5-9,12H2,1-4H3,(H,25,28). The number of carbonyl (C=O) groups excluding carboxylic acids is 2. The van der Waals surface area contributed by atoms with Gasteiger partial charge in [0.25, 0.3) is 5.91 Å². The number of ether oxygens (including phenoxy) is 4. The van der Waals surface area contributed by atoms with E-state index in [1.165, 1.54) is 0 Å². The van der Waals surface area contributed by atoms with Crippen molar-refractivity contribution in [3.63, 3.8) is 0 Å². The molecule has 0 aliphatic carbocycles. The number of carbonyl (C=O) groups is 2. The van der Waals surface area contributed by atoms with Crippen molar-refractivity contribution >= 4 is 23.2 Å². The van der Waals surface area contributed by atoms with Gasteiger partial charge in [-0.3, -0.25) is 9.59 Å². The van der Waals surface area contributed by atoms with E-state index in [2.05, 4.69) is 5.32 Å². The molecule has 1 aliphatic rings. The smallest absolute Gasteiger partial charge is 0.255 e. The first-order valence-corrected chi connectivity index (χ1v) is 10.9. The van der Waals surface area contributed by atoms with Crippen LogP contribution in [0, 0.1) is 0 Å². The minimum absolute atomic E-state index is 0.0426. The number of amides is 2. The van der Waals surface area contributed by atoms with Gasteiger partial charge in [0.1, 0.15) is 5.75 Å². The molecule has 8 nitrogen and oxygen atoms in total. The number of benzene rings is 2. The van der Waals surface area contributed by atoms with E-state index < -0.39 is 0 Å². The van der Waals surface area contributed by atoms with Crippen LogP contribution in [-0.2, 0) is 4.79 Å². The first kappa shape index (κ1) is 23.2. The van der Waals surface area contributed by atoms with Gasteiger partial charge in [-0.1, -0.05) is 0 Å². The van der Waals surface area contributed by atoms with Crippen molar-refractivity contribution in [1.29, 1.82) is 0 Å². The number of rotatable bonds is 10. The van der Waals surface area contributed by atoms with E-state index in [-0.39, 0.29) is 11.8 Å². The Bertz CT molecular complexity index is 948. The van der Waals surface area contributed by atoms with Crippen LogP contribution in [0.25, 0.3) is 0 Å². The summed E-state index contributed by atoms with van der Waals surface area (Å²) < 4.78 is 22.5. The van der Waals surface area contributed by atoms with Crippen molar-refractivity contribution < 1.29 is 28.5 Å². The molecule has 1 saturated heterocycles. The van der Waals surface area contributed by atoms with Crippen LogP contribution in [0.2, 0.25) is 0 Å². The maximum absolute atomic E-state index is 13.1. The summed E-state index contributed by atoms with van der Waals surface area (Å²) in [6, 6.07) is 8.51. The van der Waals surface area contributed by atoms with Gasteiger partial charge in [-0.25, -0.2) is 0 Å². The SMILES string of the molecule is CCOc1cc(C(=O)Nc2ccc(OC)c(N3CCCC3=O)c2)cc(OCC)c1OCC. The average molecular weight is 443 g/mol. The molecule has 1 aliphatic heterocycles. The highest BCUT2D eigenvalue weighted by atomic mass is 16.5. The molecule has 32 heavy (non-hydrogen) atoms. The van der Waals surface area contributed by atoms with E-state index in [1.54, 1.807) is 42.3 Å². The highest BCUT2D eigenvalue weighted by molar-refractivity contribution is 6.06. The third-order valence-electron chi connectivity index (χ3n) is 4.97. The van der Waals surface area contributed by atoms with Gasteiger partial charge in [0, 0.05) is 24.2 Å². The summed E-state index contributed by atoms with van der Waals surface area (Å²) in [5, 5.41) is 2.89. The third-order valence-corrected chi connectivity index (χ3v) is 4.97. The maximum atomic E-state index is 13.1.